The smallest absolute Gasteiger partial charge is 0.317 e. The minimum atomic E-state index is 0.115. The highest BCUT2D eigenvalue weighted by atomic mass is 32.1. The summed E-state index contributed by atoms with van der Waals surface area (Å²) in [4.78, 5) is 19.8. The Morgan fingerprint density at radius 3 is 3.11 bits per heavy atom. The Labute approximate surface area is 118 Å². The van der Waals surface area contributed by atoms with Crippen molar-refractivity contribution in [2.24, 2.45) is 5.92 Å². The van der Waals surface area contributed by atoms with Crippen molar-refractivity contribution in [1.29, 1.82) is 0 Å². The molecule has 2 unspecified atom stereocenters. The van der Waals surface area contributed by atoms with Crippen molar-refractivity contribution in [3.8, 4) is 0 Å². The van der Waals surface area contributed by atoms with Crippen LogP contribution in [0, 0.1) is 12.8 Å². The molecule has 1 aromatic rings. The first kappa shape index (κ1) is 12.9. The van der Waals surface area contributed by atoms with Crippen molar-refractivity contribution in [3.63, 3.8) is 0 Å². The van der Waals surface area contributed by atoms with E-state index in [4.69, 9.17) is 0 Å². The minimum Gasteiger partial charge on any atom is -0.333 e. The number of urea groups is 1. The molecule has 1 saturated carbocycles. The summed E-state index contributed by atoms with van der Waals surface area (Å²) in [5, 5.41) is 3.07. The Balaban J connectivity index is 1.59. The summed E-state index contributed by atoms with van der Waals surface area (Å²) >= 11 is 1.61. The van der Waals surface area contributed by atoms with Gasteiger partial charge in [-0.1, -0.05) is 6.42 Å². The topological polar surface area (TPSA) is 45.2 Å². The van der Waals surface area contributed by atoms with Crippen LogP contribution in [0.4, 0.5) is 4.79 Å². The zero-order chi connectivity index (χ0) is 13.2. The predicted molar refractivity (Wildman–Crippen MR) is 76.2 cm³/mol. The number of carbonyl (C=O) groups is 1. The number of nitrogens with one attached hydrogen (secondary N) is 1. The molecular weight excluding hydrogens is 258 g/mol. The van der Waals surface area contributed by atoms with Gasteiger partial charge >= 0.3 is 6.03 Å². The highest BCUT2D eigenvalue weighted by Gasteiger charge is 2.37. The number of aryl methyl sites for hydroxylation is 1. The zero-order valence-electron chi connectivity index (χ0n) is 11.4. The lowest BCUT2D eigenvalue weighted by Crippen LogP contribution is -2.50. The number of likely N-dealkylation sites (tertiary alicyclic amines) is 1. The summed E-state index contributed by atoms with van der Waals surface area (Å²) in [6, 6.07) is 0.612. The largest absolute Gasteiger partial charge is 0.333 e. The van der Waals surface area contributed by atoms with Crippen LogP contribution in [-0.2, 0) is 6.54 Å². The normalized spacial score (nSPS) is 26.3. The van der Waals surface area contributed by atoms with E-state index in [0.717, 1.165) is 29.5 Å². The summed E-state index contributed by atoms with van der Waals surface area (Å²) in [6.45, 7) is 3.53. The number of amides is 2. The van der Waals surface area contributed by atoms with Crippen LogP contribution >= 0.6 is 11.3 Å². The second-order valence-corrected chi connectivity index (χ2v) is 6.55. The third-order valence-corrected chi connectivity index (χ3v) is 5.43. The van der Waals surface area contributed by atoms with Crippen molar-refractivity contribution in [2.75, 3.05) is 6.54 Å². The molecule has 19 heavy (non-hydrogen) atoms. The monoisotopic (exact) mass is 279 g/mol. The van der Waals surface area contributed by atoms with Crippen LogP contribution in [0.5, 0.6) is 0 Å². The first-order valence-electron chi connectivity index (χ1n) is 7.19. The second-order valence-electron chi connectivity index (χ2n) is 5.61. The Hall–Kier alpha value is -1.10. The lowest BCUT2D eigenvalue weighted by atomic mass is 9.92. The number of hydrogen-bond acceptors (Lipinski definition) is 3. The third-order valence-electron chi connectivity index (χ3n) is 4.50. The van der Waals surface area contributed by atoms with E-state index in [1.165, 1.54) is 25.7 Å². The van der Waals surface area contributed by atoms with Gasteiger partial charge in [-0.05, 0) is 38.5 Å². The van der Waals surface area contributed by atoms with Crippen LogP contribution in [0.3, 0.4) is 0 Å². The van der Waals surface area contributed by atoms with Crippen LogP contribution in [0.15, 0.2) is 5.51 Å². The Kier molecular flexibility index (Phi) is 3.73. The average Bonchev–Trinajstić information content (AvgIpc) is 3.04. The molecular formula is C14H21N3OS. The fraction of sp³-hybridized carbons (Fsp3) is 0.714. The maximum absolute atomic E-state index is 12.3. The molecule has 1 aliphatic heterocycles. The van der Waals surface area contributed by atoms with Crippen LogP contribution in [0.25, 0.3) is 0 Å². The Bertz CT molecular complexity index is 459. The van der Waals surface area contributed by atoms with Crippen molar-refractivity contribution in [2.45, 2.75) is 51.6 Å². The van der Waals surface area contributed by atoms with E-state index in [1.54, 1.807) is 11.3 Å². The SMILES string of the molecule is Cc1ncsc1CNC(=O)N1CCCC2CCCC21. The number of aromatic nitrogens is 1. The number of piperidine rings is 1. The molecule has 1 aliphatic carbocycles. The van der Waals surface area contributed by atoms with Gasteiger partial charge in [-0.15, -0.1) is 11.3 Å². The molecule has 1 aromatic heterocycles. The maximum atomic E-state index is 12.3. The molecule has 2 amide bonds. The predicted octanol–water partition coefficient (Wildman–Crippen LogP) is 2.93. The fourth-order valence-electron chi connectivity index (χ4n) is 3.46. The number of carbonyl (C=O) groups excluding carboxylic acids is 1. The highest BCUT2D eigenvalue weighted by molar-refractivity contribution is 7.09. The van der Waals surface area contributed by atoms with Gasteiger partial charge in [0.2, 0.25) is 0 Å². The van der Waals surface area contributed by atoms with E-state index in [9.17, 15) is 4.79 Å². The molecule has 4 nitrogen and oxygen atoms in total. The average molecular weight is 279 g/mol. The first-order valence-corrected chi connectivity index (χ1v) is 8.07. The third kappa shape index (κ3) is 2.61. The number of nitrogens with zero attached hydrogens (tertiary/aromatic N) is 2. The van der Waals surface area contributed by atoms with E-state index >= 15 is 0 Å². The van der Waals surface area contributed by atoms with Crippen molar-refractivity contribution >= 4 is 17.4 Å². The van der Waals surface area contributed by atoms with Gasteiger partial charge in [0.25, 0.3) is 0 Å². The standard InChI is InChI=1S/C14H21N3OS/c1-10-13(19-9-16-10)8-15-14(18)17-7-3-5-11-4-2-6-12(11)17/h9,11-12H,2-8H2,1H3,(H,15,18). The Morgan fingerprint density at radius 1 is 1.47 bits per heavy atom. The van der Waals surface area contributed by atoms with Crippen molar-refractivity contribution in [1.82, 2.24) is 15.2 Å². The van der Waals surface area contributed by atoms with Crippen LogP contribution in [0.1, 0.15) is 42.7 Å². The van der Waals surface area contributed by atoms with Crippen LogP contribution < -0.4 is 5.32 Å². The molecule has 2 atom stereocenters. The van der Waals surface area contributed by atoms with Crippen molar-refractivity contribution in [3.05, 3.63) is 16.1 Å². The Morgan fingerprint density at radius 2 is 2.32 bits per heavy atom. The number of fused-ring (bicyclic) bond motifs is 1. The lowest BCUT2D eigenvalue weighted by molar-refractivity contribution is 0.128. The molecule has 5 heteroatoms. The molecule has 0 spiro atoms. The number of rotatable bonds is 2. The molecule has 1 N–H and O–H groups in total. The fourth-order valence-corrected chi connectivity index (χ4v) is 4.18. The molecule has 3 rings (SSSR count). The van der Waals surface area contributed by atoms with E-state index in [1.807, 2.05) is 12.4 Å². The summed E-state index contributed by atoms with van der Waals surface area (Å²) in [5.74, 6) is 0.754. The summed E-state index contributed by atoms with van der Waals surface area (Å²) < 4.78 is 0. The molecule has 2 heterocycles. The van der Waals surface area contributed by atoms with Gasteiger partial charge in [0, 0.05) is 17.5 Å². The van der Waals surface area contributed by atoms with Gasteiger partial charge < -0.3 is 10.2 Å². The molecule has 104 valence electrons. The summed E-state index contributed by atoms with van der Waals surface area (Å²) in [6.07, 6.45) is 6.25. The van der Waals surface area contributed by atoms with Crippen molar-refractivity contribution < 1.29 is 4.79 Å². The summed E-state index contributed by atoms with van der Waals surface area (Å²) in [5.41, 5.74) is 2.87. The molecule has 2 aliphatic rings. The van der Waals surface area contributed by atoms with Crippen LogP contribution in [0.2, 0.25) is 0 Å². The lowest BCUT2D eigenvalue weighted by Gasteiger charge is -2.37. The van der Waals surface area contributed by atoms with Gasteiger partial charge in [-0.25, -0.2) is 9.78 Å². The highest BCUT2D eigenvalue weighted by Crippen LogP contribution is 2.36. The molecule has 0 radical (unpaired) electrons. The van der Waals surface area contributed by atoms with Gasteiger partial charge in [-0.2, -0.15) is 0 Å². The molecule has 1 saturated heterocycles. The maximum Gasteiger partial charge on any atom is 0.317 e. The minimum absolute atomic E-state index is 0.115. The zero-order valence-corrected chi connectivity index (χ0v) is 12.2. The summed E-state index contributed by atoms with van der Waals surface area (Å²) in [7, 11) is 0. The van der Waals surface area contributed by atoms with E-state index < -0.39 is 0 Å². The molecule has 0 bridgehead atoms. The van der Waals surface area contributed by atoms with E-state index in [0.29, 0.717) is 12.6 Å². The van der Waals surface area contributed by atoms with Gasteiger partial charge in [0.05, 0.1) is 17.7 Å². The van der Waals surface area contributed by atoms with Gasteiger partial charge in [0.1, 0.15) is 0 Å². The van der Waals surface area contributed by atoms with E-state index in [2.05, 4.69) is 15.2 Å². The molecule has 0 aromatic carbocycles. The molecule has 2 fully saturated rings. The van der Waals surface area contributed by atoms with Gasteiger partial charge in [-0.3, -0.25) is 0 Å². The number of thiazole rings is 1. The quantitative estimate of drug-likeness (QED) is 0.904. The van der Waals surface area contributed by atoms with Crippen LogP contribution in [-0.4, -0.2) is 28.5 Å². The number of hydrogen-bond donors (Lipinski definition) is 1. The second kappa shape index (κ2) is 5.49. The van der Waals surface area contributed by atoms with E-state index in [-0.39, 0.29) is 6.03 Å². The van der Waals surface area contributed by atoms with Gasteiger partial charge in [0.15, 0.2) is 0 Å². The first-order chi connectivity index (χ1) is 9.25.